The van der Waals surface area contributed by atoms with Gasteiger partial charge in [0.25, 0.3) is 5.91 Å². The molecule has 6 heteroatoms. The second kappa shape index (κ2) is 6.17. The quantitative estimate of drug-likeness (QED) is 0.932. The molecule has 0 fully saturated rings. The van der Waals surface area contributed by atoms with Gasteiger partial charge in [0.05, 0.1) is 6.54 Å². The van der Waals surface area contributed by atoms with E-state index in [1.54, 1.807) is 11.0 Å². The van der Waals surface area contributed by atoms with Crippen LogP contribution in [0.2, 0.25) is 0 Å². The molecule has 0 radical (unpaired) electrons. The summed E-state index contributed by atoms with van der Waals surface area (Å²) in [7, 11) is 0. The fraction of sp³-hybridized carbons (Fsp3) is 0.357. The number of amides is 1. The molecule has 0 spiro atoms. The van der Waals surface area contributed by atoms with Crippen LogP contribution in [-0.4, -0.2) is 26.7 Å². The van der Waals surface area contributed by atoms with Gasteiger partial charge >= 0.3 is 0 Å². The van der Waals surface area contributed by atoms with Crippen LogP contribution in [-0.2, 0) is 6.54 Å². The van der Waals surface area contributed by atoms with Gasteiger partial charge in [-0.05, 0) is 44.0 Å². The lowest BCUT2D eigenvalue weighted by molar-refractivity contribution is 0.0935. The first kappa shape index (κ1) is 14.7. The smallest absolute Gasteiger partial charge is 0.251 e. The summed E-state index contributed by atoms with van der Waals surface area (Å²) in [6, 6.07) is 3.84. The Morgan fingerprint density at radius 1 is 1.40 bits per heavy atom. The molecular formula is C14H17BrN4O. The lowest BCUT2D eigenvalue weighted by Crippen LogP contribution is -2.36. The van der Waals surface area contributed by atoms with Crippen molar-refractivity contribution in [1.82, 2.24) is 20.1 Å². The molecule has 106 valence electrons. The highest BCUT2D eigenvalue weighted by Gasteiger charge is 2.14. The van der Waals surface area contributed by atoms with E-state index >= 15 is 0 Å². The van der Waals surface area contributed by atoms with E-state index in [1.165, 1.54) is 6.33 Å². The molecular weight excluding hydrogens is 320 g/mol. The molecule has 0 unspecified atom stereocenters. The molecule has 20 heavy (non-hydrogen) atoms. The van der Waals surface area contributed by atoms with E-state index in [2.05, 4.69) is 31.3 Å². The highest BCUT2D eigenvalue weighted by atomic mass is 79.9. The van der Waals surface area contributed by atoms with Crippen molar-refractivity contribution < 1.29 is 4.79 Å². The molecule has 1 atom stereocenters. The summed E-state index contributed by atoms with van der Waals surface area (Å²) < 4.78 is 2.71. The number of rotatable bonds is 4. The van der Waals surface area contributed by atoms with Crippen molar-refractivity contribution in [1.29, 1.82) is 0 Å². The standard InChI is InChI=1S/C14H17BrN4O/c1-9-5-13(15)10(2)4-12(9)14(20)18-11(3)6-19-8-16-7-17-19/h4-5,7-8,11H,6H2,1-3H3,(H,18,20)/t11-/m0/s1. The van der Waals surface area contributed by atoms with E-state index < -0.39 is 0 Å². The minimum Gasteiger partial charge on any atom is -0.348 e. The Balaban J connectivity index is 2.06. The lowest BCUT2D eigenvalue weighted by atomic mass is 10.0. The van der Waals surface area contributed by atoms with Crippen molar-refractivity contribution >= 4 is 21.8 Å². The number of halogens is 1. The van der Waals surface area contributed by atoms with Gasteiger partial charge in [-0.2, -0.15) is 5.10 Å². The molecule has 2 aromatic rings. The third-order valence-electron chi connectivity index (χ3n) is 3.06. The maximum atomic E-state index is 12.3. The van der Waals surface area contributed by atoms with Gasteiger partial charge < -0.3 is 5.32 Å². The molecule has 1 amide bonds. The van der Waals surface area contributed by atoms with Gasteiger partial charge in [0, 0.05) is 16.1 Å². The zero-order chi connectivity index (χ0) is 14.7. The highest BCUT2D eigenvalue weighted by molar-refractivity contribution is 9.10. The summed E-state index contributed by atoms with van der Waals surface area (Å²) in [5.41, 5.74) is 2.70. The summed E-state index contributed by atoms with van der Waals surface area (Å²) >= 11 is 3.47. The molecule has 0 aliphatic heterocycles. The number of carbonyl (C=O) groups excluding carboxylic acids is 1. The second-order valence-electron chi connectivity index (χ2n) is 4.91. The van der Waals surface area contributed by atoms with E-state index in [9.17, 15) is 4.79 Å². The van der Waals surface area contributed by atoms with Crippen LogP contribution in [0.4, 0.5) is 0 Å². The summed E-state index contributed by atoms with van der Waals surface area (Å²) in [4.78, 5) is 16.2. The van der Waals surface area contributed by atoms with Crippen LogP contribution >= 0.6 is 15.9 Å². The number of nitrogens with one attached hydrogen (secondary N) is 1. The molecule has 1 aromatic carbocycles. The van der Waals surface area contributed by atoms with Crippen molar-refractivity contribution in [3.05, 3.63) is 46.0 Å². The van der Waals surface area contributed by atoms with Crippen LogP contribution < -0.4 is 5.32 Å². The fourth-order valence-electron chi connectivity index (χ4n) is 1.98. The zero-order valence-electron chi connectivity index (χ0n) is 11.7. The number of aryl methyl sites for hydroxylation is 2. The Kier molecular flexibility index (Phi) is 4.54. The van der Waals surface area contributed by atoms with Gasteiger partial charge in [-0.3, -0.25) is 9.48 Å². The lowest BCUT2D eigenvalue weighted by Gasteiger charge is -2.15. The molecule has 2 rings (SSSR count). The van der Waals surface area contributed by atoms with Crippen LogP contribution in [0.5, 0.6) is 0 Å². The Morgan fingerprint density at radius 2 is 2.15 bits per heavy atom. The summed E-state index contributed by atoms with van der Waals surface area (Å²) in [5, 5.41) is 7.01. The highest BCUT2D eigenvalue weighted by Crippen LogP contribution is 2.21. The predicted molar refractivity (Wildman–Crippen MR) is 80.6 cm³/mol. The minimum atomic E-state index is -0.0642. The van der Waals surface area contributed by atoms with E-state index in [0.29, 0.717) is 12.1 Å². The Morgan fingerprint density at radius 3 is 2.80 bits per heavy atom. The molecule has 0 aliphatic carbocycles. The fourth-order valence-corrected chi connectivity index (χ4v) is 2.44. The Labute approximate surface area is 126 Å². The predicted octanol–water partition coefficient (Wildman–Crippen LogP) is 2.48. The minimum absolute atomic E-state index is 0.0208. The number of nitrogens with zero attached hydrogens (tertiary/aromatic N) is 3. The molecule has 0 saturated carbocycles. The first-order valence-corrected chi connectivity index (χ1v) is 7.16. The topological polar surface area (TPSA) is 59.8 Å². The van der Waals surface area contributed by atoms with E-state index in [1.807, 2.05) is 32.9 Å². The maximum absolute atomic E-state index is 12.3. The molecule has 1 N–H and O–H groups in total. The number of hydrogen-bond acceptors (Lipinski definition) is 3. The van der Waals surface area contributed by atoms with Crippen molar-refractivity contribution in [2.45, 2.75) is 33.4 Å². The van der Waals surface area contributed by atoms with Gasteiger partial charge in [0.1, 0.15) is 12.7 Å². The number of aromatic nitrogens is 3. The molecule has 0 aliphatic rings. The van der Waals surface area contributed by atoms with Gasteiger partial charge in [-0.25, -0.2) is 4.98 Å². The van der Waals surface area contributed by atoms with Crippen molar-refractivity contribution in [2.75, 3.05) is 0 Å². The normalized spacial score (nSPS) is 12.2. The van der Waals surface area contributed by atoms with Gasteiger partial charge in [-0.1, -0.05) is 15.9 Å². The second-order valence-corrected chi connectivity index (χ2v) is 5.76. The summed E-state index contributed by atoms with van der Waals surface area (Å²) in [5.74, 6) is -0.0642. The van der Waals surface area contributed by atoms with Gasteiger partial charge in [0.15, 0.2) is 0 Å². The third-order valence-corrected chi connectivity index (χ3v) is 3.91. The molecule has 1 aromatic heterocycles. The third kappa shape index (κ3) is 3.45. The van der Waals surface area contributed by atoms with Crippen LogP contribution in [0, 0.1) is 13.8 Å². The first-order valence-electron chi connectivity index (χ1n) is 6.37. The number of hydrogen-bond donors (Lipinski definition) is 1. The molecule has 5 nitrogen and oxygen atoms in total. The summed E-state index contributed by atoms with van der Waals surface area (Å²) in [6.07, 6.45) is 3.12. The van der Waals surface area contributed by atoms with E-state index in [0.717, 1.165) is 15.6 Å². The van der Waals surface area contributed by atoms with Crippen LogP contribution in [0.15, 0.2) is 29.3 Å². The Bertz CT molecular complexity index is 610. The largest absolute Gasteiger partial charge is 0.348 e. The van der Waals surface area contributed by atoms with Crippen molar-refractivity contribution in [3.63, 3.8) is 0 Å². The van der Waals surface area contributed by atoms with Crippen LogP contribution in [0.25, 0.3) is 0 Å². The van der Waals surface area contributed by atoms with Crippen LogP contribution in [0.3, 0.4) is 0 Å². The SMILES string of the molecule is Cc1cc(C(=O)N[C@@H](C)Cn2cncn2)c(C)cc1Br. The molecule has 0 bridgehead atoms. The zero-order valence-corrected chi connectivity index (χ0v) is 13.3. The van der Waals surface area contributed by atoms with Gasteiger partial charge in [-0.15, -0.1) is 0 Å². The van der Waals surface area contributed by atoms with Crippen LogP contribution in [0.1, 0.15) is 28.4 Å². The molecule has 0 saturated heterocycles. The number of carbonyl (C=O) groups is 1. The van der Waals surface area contributed by atoms with Gasteiger partial charge in [0.2, 0.25) is 0 Å². The van der Waals surface area contributed by atoms with E-state index in [-0.39, 0.29) is 11.9 Å². The average molecular weight is 337 g/mol. The first-order chi connectivity index (χ1) is 9.47. The maximum Gasteiger partial charge on any atom is 0.251 e. The van der Waals surface area contributed by atoms with Crippen molar-refractivity contribution in [3.8, 4) is 0 Å². The van der Waals surface area contributed by atoms with E-state index in [4.69, 9.17) is 0 Å². The summed E-state index contributed by atoms with van der Waals surface area (Å²) in [6.45, 7) is 6.45. The Hall–Kier alpha value is -1.69. The average Bonchev–Trinajstić information content (AvgIpc) is 2.86. The molecule has 1 heterocycles. The van der Waals surface area contributed by atoms with Crippen molar-refractivity contribution in [2.24, 2.45) is 0 Å². The monoisotopic (exact) mass is 336 g/mol. The number of benzene rings is 1.